The van der Waals surface area contributed by atoms with Crippen LogP contribution in [0.4, 0.5) is 0 Å². The summed E-state index contributed by atoms with van der Waals surface area (Å²) in [4.78, 5) is 21.0. The van der Waals surface area contributed by atoms with Gasteiger partial charge in [0.15, 0.2) is 6.61 Å². The molecular formula is C8H14O5. The molecule has 0 rings (SSSR count). The second kappa shape index (κ2) is 7.54. The molecule has 0 aliphatic heterocycles. The van der Waals surface area contributed by atoms with Gasteiger partial charge in [0.25, 0.3) is 0 Å². The van der Waals surface area contributed by atoms with Crippen LogP contribution in [-0.4, -0.2) is 36.9 Å². The molecule has 0 aliphatic carbocycles. The zero-order valence-electron chi connectivity index (χ0n) is 7.62. The number of unbranched alkanes of at least 4 members (excludes halogenated alkanes) is 1. The molecule has 0 bridgehead atoms. The zero-order valence-corrected chi connectivity index (χ0v) is 7.62. The highest BCUT2D eigenvalue weighted by Gasteiger charge is 2.03. The van der Waals surface area contributed by atoms with Crippen LogP contribution in [-0.2, 0) is 19.1 Å². The molecule has 5 nitrogen and oxygen atoms in total. The van der Waals surface area contributed by atoms with E-state index in [-0.39, 0.29) is 19.8 Å². The van der Waals surface area contributed by atoms with Crippen molar-refractivity contribution >= 4 is 11.9 Å². The monoisotopic (exact) mass is 190 g/mol. The van der Waals surface area contributed by atoms with E-state index in [2.05, 4.69) is 9.47 Å². The third kappa shape index (κ3) is 8.81. The quantitative estimate of drug-likeness (QED) is 0.466. The first-order chi connectivity index (χ1) is 6.16. The van der Waals surface area contributed by atoms with Crippen molar-refractivity contribution in [3.05, 3.63) is 0 Å². The standard InChI is InChI=1S/C8H14O5/c1-7(10)13-6-8(11)12-5-3-2-4-9/h9H,2-6H2,1H3. The summed E-state index contributed by atoms with van der Waals surface area (Å²) in [6, 6.07) is 0. The molecule has 0 aromatic heterocycles. The number of carbonyl (C=O) groups excluding carboxylic acids is 2. The summed E-state index contributed by atoms with van der Waals surface area (Å²) in [5.74, 6) is -1.07. The van der Waals surface area contributed by atoms with E-state index in [1.165, 1.54) is 6.92 Å². The Bertz CT molecular complexity index is 166. The van der Waals surface area contributed by atoms with Gasteiger partial charge in [0.1, 0.15) is 0 Å². The largest absolute Gasteiger partial charge is 0.463 e. The molecule has 0 radical (unpaired) electrons. The lowest BCUT2D eigenvalue weighted by Gasteiger charge is -2.03. The predicted octanol–water partition coefficient (Wildman–Crippen LogP) is -0.135. The summed E-state index contributed by atoms with van der Waals surface area (Å²) in [6.07, 6.45) is 1.21. The van der Waals surface area contributed by atoms with Crippen molar-refractivity contribution in [1.29, 1.82) is 0 Å². The molecular weight excluding hydrogens is 176 g/mol. The van der Waals surface area contributed by atoms with Gasteiger partial charge in [0.2, 0.25) is 0 Å². The molecule has 5 heteroatoms. The number of aliphatic hydroxyl groups excluding tert-OH is 1. The van der Waals surface area contributed by atoms with Crippen LogP contribution < -0.4 is 0 Å². The summed E-state index contributed by atoms with van der Waals surface area (Å²) in [5.41, 5.74) is 0. The molecule has 0 heterocycles. The van der Waals surface area contributed by atoms with Crippen LogP contribution in [0.3, 0.4) is 0 Å². The maximum Gasteiger partial charge on any atom is 0.344 e. The molecule has 0 fully saturated rings. The maximum absolute atomic E-state index is 10.7. The van der Waals surface area contributed by atoms with Gasteiger partial charge in [-0.05, 0) is 12.8 Å². The third-order valence-electron chi connectivity index (χ3n) is 1.21. The van der Waals surface area contributed by atoms with Crippen LogP contribution in [0, 0.1) is 0 Å². The van der Waals surface area contributed by atoms with Crippen molar-refractivity contribution < 1.29 is 24.2 Å². The fraction of sp³-hybridized carbons (Fsp3) is 0.750. The fourth-order valence-corrected chi connectivity index (χ4v) is 0.602. The average Bonchev–Trinajstić information content (AvgIpc) is 2.09. The van der Waals surface area contributed by atoms with Gasteiger partial charge in [0, 0.05) is 13.5 Å². The molecule has 0 amide bonds. The number of ether oxygens (including phenoxy) is 2. The normalized spacial score (nSPS) is 9.38. The molecule has 0 aliphatic rings. The van der Waals surface area contributed by atoms with Gasteiger partial charge in [-0.1, -0.05) is 0 Å². The number of hydrogen-bond acceptors (Lipinski definition) is 5. The minimum atomic E-state index is -0.562. The van der Waals surface area contributed by atoms with Gasteiger partial charge >= 0.3 is 11.9 Å². The Hall–Kier alpha value is -1.10. The lowest BCUT2D eigenvalue weighted by molar-refractivity contribution is -0.157. The smallest absolute Gasteiger partial charge is 0.344 e. The Morgan fingerprint density at radius 1 is 1.23 bits per heavy atom. The van der Waals surface area contributed by atoms with Crippen LogP contribution >= 0.6 is 0 Å². The van der Waals surface area contributed by atoms with E-state index in [9.17, 15) is 9.59 Å². The third-order valence-corrected chi connectivity index (χ3v) is 1.21. The second-order valence-electron chi connectivity index (χ2n) is 2.43. The molecule has 0 aromatic carbocycles. The first-order valence-electron chi connectivity index (χ1n) is 4.06. The topological polar surface area (TPSA) is 72.8 Å². The molecule has 13 heavy (non-hydrogen) atoms. The first kappa shape index (κ1) is 11.9. The van der Waals surface area contributed by atoms with Gasteiger partial charge in [-0.15, -0.1) is 0 Å². The van der Waals surface area contributed by atoms with E-state index >= 15 is 0 Å². The molecule has 0 aromatic rings. The minimum Gasteiger partial charge on any atom is -0.463 e. The number of esters is 2. The molecule has 76 valence electrons. The fourth-order valence-electron chi connectivity index (χ4n) is 0.602. The first-order valence-corrected chi connectivity index (χ1v) is 4.06. The van der Waals surface area contributed by atoms with E-state index < -0.39 is 11.9 Å². The van der Waals surface area contributed by atoms with Gasteiger partial charge in [-0.25, -0.2) is 4.79 Å². The van der Waals surface area contributed by atoms with Crippen molar-refractivity contribution in [3.63, 3.8) is 0 Å². The number of rotatable bonds is 6. The van der Waals surface area contributed by atoms with Gasteiger partial charge in [0.05, 0.1) is 6.61 Å². The molecule has 0 unspecified atom stereocenters. The maximum atomic E-state index is 10.7. The summed E-state index contributed by atoms with van der Waals surface area (Å²) in [6.45, 7) is 1.22. The summed E-state index contributed by atoms with van der Waals surface area (Å²) in [7, 11) is 0. The minimum absolute atomic E-state index is 0.0848. The van der Waals surface area contributed by atoms with Crippen LogP contribution in [0.25, 0.3) is 0 Å². The van der Waals surface area contributed by atoms with E-state index in [4.69, 9.17) is 5.11 Å². The van der Waals surface area contributed by atoms with Crippen molar-refractivity contribution in [2.75, 3.05) is 19.8 Å². The molecule has 0 saturated carbocycles. The Kier molecular flexibility index (Phi) is 6.91. The lowest BCUT2D eigenvalue weighted by Crippen LogP contribution is -2.15. The summed E-state index contributed by atoms with van der Waals surface area (Å²) < 4.78 is 9.07. The van der Waals surface area contributed by atoms with Crippen LogP contribution in [0.5, 0.6) is 0 Å². The van der Waals surface area contributed by atoms with Gasteiger partial charge < -0.3 is 14.6 Å². The molecule has 0 saturated heterocycles. The molecule has 1 N–H and O–H groups in total. The van der Waals surface area contributed by atoms with Crippen LogP contribution in [0.1, 0.15) is 19.8 Å². The van der Waals surface area contributed by atoms with Crippen LogP contribution in [0.15, 0.2) is 0 Å². The van der Waals surface area contributed by atoms with Gasteiger partial charge in [-0.3, -0.25) is 4.79 Å². The Labute approximate surface area is 76.6 Å². The van der Waals surface area contributed by atoms with E-state index in [1.807, 2.05) is 0 Å². The van der Waals surface area contributed by atoms with Crippen molar-refractivity contribution in [2.24, 2.45) is 0 Å². The van der Waals surface area contributed by atoms with E-state index in [1.54, 1.807) is 0 Å². The highest BCUT2D eigenvalue weighted by Crippen LogP contribution is 1.90. The highest BCUT2D eigenvalue weighted by molar-refractivity contribution is 5.75. The Morgan fingerprint density at radius 3 is 2.46 bits per heavy atom. The second-order valence-corrected chi connectivity index (χ2v) is 2.43. The van der Waals surface area contributed by atoms with Crippen molar-refractivity contribution in [1.82, 2.24) is 0 Å². The zero-order chi connectivity index (χ0) is 10.1. The number of carbonyl (C=O) groups is 2. The lowest BCUT2D eigenvalue weighted by atomic mass is 10.3. The van der Waals surface area contributed by atoms with Crippen molar-refractivity contribution in [2.45, 2.75) is 19.8 Å². The van der Waals surface area contributed by atoms with E-state index in [0.29, 0.717) is 12.8 Å². The van der Waals surface area contributed by atoms with Crippen molar-refractivity contribution in [3.8, 4) is 0 Å². The number of aliphatic hydroxyl groups is 1. The summed E-state index contributed by atoms with van der Waals surface area (Å²) >= 11 is 0. The van der Waals surface area contributed by atoms with Crippen LogP contribution in [0.2, 0.25) is 0 Å². The average molecular weight is 190 g/mol. The highest BCUT2D eigenvalue weighted by atomic mass is 16.6. The SMILES string of the molecule is CC(=O)OCC(=O)OCCCCO. The molecule has 0 spiro atoms. The van der Waals surface area contributed by atoms with E-state index in [0.717, 1.165) is 0 Å². The Balaban J connectivity index is 3.25. The Morgan fingerprint density at radius 2 is 1.92 bits per heavy atom. The summed E-state index contributed by atoms with van der Waals surface area (Å²) in [5, 5.41) is 8.40. The number of hydrogen-bond donors (Lipinski definition) is 1. The molecule has 0 atom stereocenters. The van der Waals surface area contributed by atoms with Gasteiger partial charge in [-0.2, -0.15) is 0 Å². The predicted molar refractivity (Wildman–Crippen MR) is 43.9 cm³/mol.